The first-order valence-corrected chi connectivity index (χ1v) is 9.10. The Balaban J connectivity index is 1.51. The van der Waals surface area contributed by atoms with Crippen LogP contribution in [0.2, 0.25) is 0 Å². The predicted octanol–water partition coefficient (Wildman–Crippen LogP) is 2.17. The SMILES string of the molecule is COc1ccccc1N1CCC(NC(=O)N2CCC(C)(C(=O)O)C2)CC1. The molecule has 2 heterocycles. The second kappa shape index (κ2) is 7.43. The molecule has 0 bridgehead atoms. The van der Waals surface area contributed by atoms with Crippen LogP contribution in [0, 0.1) is 5.41 Å². The molecule has 142 valence electrons. The number of nitrogens with one attached hydrogen (secondary N) is 1. The number of para-hydroxylation sites is 2. The van der Waals surface area contributed by atoms with E-state index in [1.807, 2.05) is 18.2 Å². The van der Waals surface area contributed by atoms with Gasteiger partial charge < -0.3 is 25.0 Å². The number of hydrogen-bond acceptors (Lipinski definition) is 4. The van der Waals surface area contributed by atoms with Gasteiger partial charge in [-0.3, -0.25) is 4.79 Å². The van der Waals surface area contributed by atoms with E-state index in [-0.39, 0.29) is 18.6 Å². The van der Waals surface area contributed by atoms with Crippen LogP contribution < -0.4 is 15.0 Å². The topological polar surface area (TPSA) is 82.1 Å². The molecule has 26 heavy (non-hydrogen) atoms. The average molecular weight is 361 g/mol. The zero-order chi connectivity index (χ0) is 18.7. The molecule has 2 N–H and O–H groups in total. The van der Waals surface area contributed by atoms with Crippen LogP contribution in [-0.4, -0.2) is 61.3 Å². The van der Waals surface area contributed by atoms with E-state index in [0.29, 0.717) is 13.0 Å². The van der Waals surface area contributed by atoms with Crippen LogP contribution in [0.5, 0.6) is 5.75 Å². The summed E-state index contributed by atoms with van der Waals surface area (Å²) in [6, 6.07) is 7.93. The third-order valence-corrected chi connectivity index (χ3v) is 5.53. The molecule has 1 unspecified atom stereocenters. The number of carbonyl (C=O) groups is 2. The summed E-state index contributed by atoms with van der Waals surface area (Å²) in [6.07, 6.45) is 2.21. The average Bonchev–Trinajstić information content (AvgIpc) is 3.06. The van der Waals surface area contributed by atoms with Crippen LogP contribution in [0.3, 0.4) is 0 Å². The fourth-order valence-electron chi connectivity index (χ4n) is 3.73. The minimum Gasteiger partial charge on any atom is -0.495 e. The van der Waals surface area contributed by atoms with Crippen LogP contribution >= 0.6 is 0 Å². The number of hydrogen-bond donors (Lipinski definition) is 2. The molecule has 1 atom stereocenters. The van der Waals surface area contributed by atoms with Crippen molar-refractivity contribution in [2.24, 2.45) is 5.41 Å². The molecular weight excluding hydrogens is 334 g/mol. The Morgan fingerprint density at radius 3 is 2.54 bits per heavy atom. The Labute approximate surface area is 153 Å². The molecule has 0 aromatic heterocycles. The second-order valence-corrected chi connectivity index (χ2v) is 7.42. The Bertz CT molecular complexity index is 673. The third-order valence-electron chi connectivity index (χ3n) is 5.53. The molecule has 7 nitrogen and oxygen atoms in total. The molecule has 7 heteroatoms. The van der Waals surface area contributed by atoms with Crippen LogP contribution in [0.15, 0.2) is 24.3 Å². The van der Waals surface area contributed by atoms with Crippen molar-refractivity contribution in [3.05, 3.63) is 24.3 Å². The predicted molar refractivity (Wildman–Crippen MR) is 98.7 cm³/mol. The minimum absolute atomic E-state index is 0.116. The van der Waals surface area contributed by atoms with Gasteiger partial charge in [0, 0.05) is 32.2 Å². The highest BCUT2D eigenvalue weighted by molar-refractivity contribution is 5.79. The van der Waals surface area contributed by atoms with E-state index >= 15 is 0 Å². The molecule has 2 aliphatic heterocycles. The lowest BCUT2D eigenvalue weighted by Gasteiger charge is -2.35. The van der Waals surface area contributed by atoms with Crippen molar-refractivity contribution in [2.75, 3.05) is 38.2 Å². The first-order chi connectivity index (χ1) is 12.4. The summed E-state index contributed by atoms with van der Waals surface area (Å²) in [6.45, 7) is 4.16. The normalized spacial score (nSPS) is 23.8. The molecule has 0 saturated carbocycles. The number of carboxylic acids is 1. The van der Waals surface area contributed by atoms with Crippen molar-refractivity contribution >= 4 is 17.7 Å². The van der Waals surface area contributed by atoms with E-state index in [0.717, 1.165) is 37.4 Å². The molecule has 1 aromatic rings. The van der Waals surface area contributed by atoms with E-state index in [2.05, 4.69) is 16.3 Å². The van der Waals surface area contributed by atoms with Gasteiger partial charge >= 0.3 is 12.0 Å². The summed E-state index contributed by atoms with van der Waals surface area (Å²) in [4.78, 5) is 27.7. The van der Waals surface area contributed by atoms with Crippen molar-refractivity contribution in [3.8, 4) is 5.75 Å². The smallest absolute Gasteiger partial charge is 0.317 e. The number of benzene rings is 1. The summed E-state index contributed by atoms with van der Waals surface area (Å²) in [5.74, 6) is 0.0259. The third kappa shape index (κ3) is 3.71. The van der Waals surface area contributed by atoms with Crippen LogP contribution in [-0.2, 0) is 4.79 Å². The fourth-order valence-corrected chi connectivity index (χ4v) is 3.73. The van der Waals surface area contributed by atoms with Crippen molar-refractivity contribution in [2.45, 2.75) is 32.2 Å². The standard InChI is InChI=1S/C19H27N3O4/c1-19(17(23)24)9-12-22(13-19)18(25)20-14-7-10-21(11-8-14)15-5-3-4-6-16(15)26-2/h3-6,14H,7-13H2,1-2H3,(H,20,25)(H,23,24). The van der Waals surface area contributed by atoms with Gasteiger partial charge in [0.1, 0.15) is 5.75 Å². The number of methoxy groups -OCH3 is 1. The van der Waals surface area contributed by atoms with Crippen molar-refractivity contribution in [3.63, 3.8) is 0 Å². The number of nitrogens with zero attached hydrogens (tertiary/aromatic N) is 2. The summed E-state index contributed by atoms with van der Waals surface area (Å²) in [5.41, 5.74) is 0.251. The number of aliphatic carboxylic acids is 1. The molecule has 2 aliphatic rings. The lowest BCUT2D eigenvalue weighted by atomic mass is 9.90. The van der Waals surface area contributed by atoms with E-state index in [4.69, 9.17) is 4.74 Å². The van der Waals surface area contributed by atoms with Gasteiger partial charge in [-0.1, -0.05) is 12.1 Å². The number of urea groups is 1. The van der Waals surface area contributed by atoms with Crippen LogP contribution in [0.25, 0.3) is 0 Å². The quantitative estimate of drug-likeness (QED) is 0.859. The molecular formula is C19H27N3O4. The van der Waals surface area contributed by atoms with Gasteiger partial charge in [0.2, 0.25) is 0 Å². The number of ether oxygens (including phenoxy) is 1. The number of carboxylic acid groups (broad SMARTS) is 1. The number of amides is 2. The number of likely N-dealkylation sites (tertiary alicyclic amines) is 1. The van der Waals surface area contributed by atoms with Gasteiger partial charge in [-0.05, 0) is 38.3 Å². The van der Waals surface area contributed by atoms with E-state index in [1.54, 1.807) is 18.9 Å². The lowest BCUT2D eigenvalue weighted by molar-refractivity contribution is -0.147. The molecule has 2 saturated heterocycles. The first kappa shape index (κ1) is 18.4. The maximum absolute atomic E-state index is 12.5. The van der Waals surface area contributed by atoms with Crippen molar-refractivity contribution in [1.29, 1.82) is 0 Å². The van der Waals surface area contributed by atoms with Gasteiger partial charge in [-0.15, -0.1) is 0 Å². The maximum atomic E-state index is 12.5. The largest absolute Gasteiger partial charge is 0.495 e. The summed E-state index contributed by atoms with van der Waals surface area (Å²) in [7, 11) is 1.67. The van der Waals surface area contributed by atoms with E-state index < -0.39 is 11.4 Å². The van der Waals surface area contributed by atoms with Crippen LogP contribution in [0.4, 0.5) is 10.5 Å². The summed E-state index contributed by atoms with van der Waals surface area (Å²) in [5, 5.41) is 12.4. The molecule has 2 amide bonds. The summed E-state index contributed by atoms with van der Waals surface area (Å²) >= 11 is 0. The van der Waals surface area contributed by atoms with Gasteiger partial charge in [-0.25, -0.2) is 4.79 Å². The molecule has 0 aliphatic carbocycles. The number of rotatable bonds is 4. The Morgan fingerprint density at radius 1 is 1.23 bits per heavy atom. The number of carbonyl (C=O) groups excluding carboxylic acids is 1. The van der Waals surface area contributed by atoms with Crippen molar-refractivity contribution < 1.29 is 19.4 Å². The molecule has 1 aromatic carbocycles. The molecule has 3 rings (SSSR count). The second-order valence-electron chi connectivity index (χ2n) is 7.42. The zero-order valence-electron chi connectivity index (χ0n) is 15.4. The number of piperidine rings is 1. The van der Waals surface area contributed by atoms with Gasteiger partial charge in [-0.2, -0.15) is 0 Å². The Hall–Kier alpha value is -2.44. The van der Waals surface area contributed by atoms with E-state index in [9.17, 15) is 14.7 Å². The van der Waals surface area contributed by atoms with Gasteiger partial charge in [0.25, 0.3) is 0 Å². The highest BCUT2D eigenvalue weighted by Crippen LogP contribution is 2.31. The lowest BCUT2D eigenvalue weighted by Crippen LogP contribution is -2.49. The highest BCUT2D eigenvalue weighted by atomic mass is 16.5. The minimum atomic E-state index is -0.835. The van der Waals surface area contributed by atoms with Gasteiger partial charge in [0.05, 0.1) is 18.2 Å². The first-order valence-electron chi connectivity index (χ1n) is 9.10. The van der Waals surface area contributed by atoms with Gasteiger partial charge in [0.15, 0.2) is 0 Å². The number of anilines is 1. The van der Waals surface area contributed by atoms with Crippen molar-refractivity contribution in [1.82, 2.24) is 10.2 Å². The zero-order valence-corrected chi connectivity index (χ0v) is 15.4. The molecule has 2 fully saturated rings. The Kier molecular flexibility index (Phi) is 5.25. The highest BCUT2D eigenvalue weighted by Gasteiger charge is 2.42. The van der Waals surface area contributed by atoms with Crippen LogP contribution in [0.1, 0.15) is 26.2 Å². The van der Waals surface area contributed by atoms with E-state index in [1.165, 1.54) is 0 Å². The summed E-state index contributed by atoms with van der Waals surface area (Å²) < 4.78 is 5.43. The molecule has 0 spiro atoms. The Morgan fingerprint density at radius 2 is 1.92 bits per heavy atom. The monoisotopic (exact) mass is 361 g/mol. The maximum Gasteiger partial charge on any atom is 0.317 e. The fraction of sp³-hybridized carbons (Fsp3) is 0.579. The molecule has 0 radical (unpaired) electrons.